The summed E-state index contributed by atoms with van der Waals surface area (Å²) in [5.74, 6) is 0. The maximum atomic E-state index is 7.22. The van der Waals surface area contributed by atoms with Gasteiger partial charge in [-0.15, -0.1) is 0 Å². The van der Waals surface area contributed by atoms with Crippen LogP contribution in [0.2, 0.25) is 0 Å². The summed E-state index contributed by atoms with van der Waals surface area (Å²) in [6.07, 6.45) is 2.28. The molecule has 0 unspecified atom stereocenters. The Balaban J connectivity index is 1.29. The second kappa shape index (κ2) is 14.6. The Morgan fingerprint density at radius 1 is 0.493 bits per heavy atom. The first-order valence-electron chi connectivity index (χ1n) is 24.3. The summed E-state index contributed by atoms with van der Waals surface area (Å²) < 4.78 is 7.22. The first-order valence-corrected chi connectivity index (χ1v) is 24.3. The molecule has 3 heterocycles. The van der Waals surface area contributed by atoms with Crippen LogP contribution in [0.5, 0.6) is 0 Å². The molecule has 0 amide bonds. The van der Waals surface area contributed by atoms with Crippen LogP contribution >= 0.6 is 0 Å². The molecule has 0 N–H and O–H groups in total. The van der Waals surface area contributed by atoms with Gasteiger partial charge in [0.2, 0.25) is 0 Å². The van der Waals surface area contributed by atoms with E-state index >= 15 is 0 Å². The van der Waals surface area contributed by atoms with E-state index in [1.165, 1.54) is 94.8 Å². The van der Waals surface area contributed by atoms with Crippen LogP contribution in [0.4, 0.5) is 34.1 Å². The number of benzene rings is 8. The standard InChI is InChI=1S/C63H59BN2O/c1-38-19-18-20-39(2)57(38)42-34-54-58-55(35-42)66(51-25-16-14-23-44(51)41-21-12-11-13-22-41)52-30-28-46-45-24-15-17-26-56(45)67-60(46)59(52)64(58)49-36-47-48(63(9,10)32-31-62(47,7)8)37-53(49)65(54)50-29-27-43(33-40(50)3)61(4,5)6/h11-30,33-37H,31-32H2,1-10H3. The second-order valence-electron chi connectivity index (χ2n) is 22.1. The van der Waals surface area contributed by atoms with E-state index in [4.69, 9.17) is 4.42 Å². The lowest BCUT2D eigenvalue weighted by Crippen LogP contribution is -2.62. The summed E-state index contributed by atoms with van der Waals surface area (Å²) in [7, 11) is 0. The molecule has 9 aromatic rings. The number of para-hydroxylation sites is 2. The number of nitrogens with zero attached hydrogens (tertiary/aromatic N) is 2. The zero-order valence-corrected chi connectivity index (χ0v) is 40.7. The van der Waals surface area contributed by atoms with Gasteiger partial charge in [0.1, 0.15) is 11.2 Å². The highest BCUT2D eigenvalue weighted by atomic mass is 16.3. The van der Waals surface area contributed by atoms with Gasteiger partial charge >= 0.3 is 0 Å². The van der Waals surface area contributed by atoms with Gasteiger partial charge < -0.3 is 14.2 Å². The summed E-state index contributed by atoms with van der Waals surface area (Å²) in [5.41, 5.74) is 25.9. The number of aryl methyl sites for hydroxylation is 3. The van der Waals surface area contributed by atoms with Crippen LogP contribution in [0.1, 0.15) is 94.7 Å². The molecule has 4 heteroatoms. The summed E-state index contributed by atoms with van der Waals surface area (Å²) in [6.45, 7) is 23.6. The molecule has 1 aromatic heterocycles. The van der Waals surface area contributed by atoms with Gasteiger partial charge in [0, 0.05) is 44.8 Å². The molecule has 0 fully saturated rings. The maximum absolute atomic E-state index is 7.22. The minimum atomic E-state index is -0.122. The van der Waals surface area contributed by atoms with Gasteiger partial charge in [0.15, 0.2) is 0 Å². The highest BCUT2D eigenvalue weighted by molar-refractivity contribution is 7.01. The van der Waals surface area contributed by atoms with Crippen molar-refractivity contribution in [3.63, 3.8) is 0 Å². The molecule has 3 nitrogen and oxygen atoms in total. The summed E-state index contributed by atoms with van der Waals surface area (Å²) in [4.78, 5) is 5.24. The van der Waals surface area contributed by atoms with Crippen molar-refractivity contribution in [3.05, 3.63) is 185 Å². The van der Waals surface area contributed by atoms with Crippen molar-refractivity contribution in [2.45, 2.75) is 98.3 Å². The predicted molar refractivity (Wildman–Crippen MR) is 287 cm³/mol. The number of rotatable bonds is 4. The predicted octanol–water partition coefficient (Wildman–Crippen LogP) is 15.6. The third kappa shape index (κ3) is 6.25. The van der Waals surface area contributed by atoms with Crippen molar-refractivity contribution in [1.82, 2.24) is 0 Å². The topological polar surface area (TPSA) is 19.6 Å². The van der Waals surface area contributed by atoms with Gasteiger partial charge in [-0.25, -0.2) is 0 Å². The van der Waals surface area contributed by atoms with Crippen molar-refractivity contribution in [3.8, 4) is 22.3 Å². The number of furan rings is 1. The second-order valence-corrected chi connectivity index (χ2v) is 22.1. The van der Waals surface area contributed by atoms with Crippen LogP contribution in [0.3, 0.4) is 0 Å². The van der Waals surface area contributed by atoms with Gasteiger partial charge in [-0.2, -0.15) is 0 Å². The molecule has 0 saturated heterocycles. The molecule has 0 atom stereocenters. The van der Waals surface area contributed by atoms with E-state index in [1.807, 2.05) is 0 Å². The van der Waals surface area contributed by atoms with Crippen molar-refractivity contribution in [2.75, 3.05) is 9.80 Å². The number of fused-ring (bicyclic) bond motifs is 9. The van der Waals surface area contributed by atoms with Gasteiger partial charge in [0.25, 0.3) is 6.71 Å². The van der Waals surface area contributed by atoms with E-state index in [-0.39, 0.29) is 23.0 Å². The van der Waals surface area contributed by atoms with Crippen molar-refractivity contribution < 1.29 is 4.42 Å². The molecule has 0 spiro atoms. The molecule has 67 heavy (non-hydrogen) atoms. The van der Waals surface area contributed by atoms with E-state index in [9.17, 15) is 0 Å². The minimum absolute atomic E-state index is 0.00778. The van der Waals surface area contributed by atoms with Crippen LogP contribution in [-0.2, 0) is 16.2 Å². The highest BCUT2D eigenvalue weighted by Crippen LogP contribution is 2.53. The molecule has 3 aliphatic rings. The fourth-order valence-corrected chi connectivity index (χ4v) is 12.2. The van der Waals surface area contributed by atoms with Crippen molar-refractivity contribution >= 4 is 79.2 Å². The van der Waals surface area contributed by atoms with Crippen LogP contribution in [-0.4, -0.2) is 6.71 Å². The third-order valence-corrected chi connectivity index (χ3v) is 15.9. The molecule has 0 bridgehead atoms. The monoisotopic (exact) mass is 870 g/mol. The highest BCUT2D eigenvalue weighted by Gasteiger charge is 2.48. The Kier molecular flexibility index (Phi) is 9.08. The average Bonchev–Trinajstić information content (AvgIpc) is 3.69. The largest absolute Gasteiger partial charge is 0.457 e. The molecule has 8 aromatic carbocycles. The van der Waals surface area contributed by atoms with E-state index in [2.05, 4.69) is 231 Å². The normalized spacial score (nSPS) is 15.6. The summed E-state index contributed by atoms with van der Waals surface area (Å²) >= 11 is 0. The number of hydrogen-bond donors (Lipinski definition) is 0. The Hall–Kier alpha value is -6.78. The Bertz CT molecular complexity index is 3490. The molecule has 0 saturated carbocycles. The molecule has 1 aliphatic carbocycles. The van der Waals surface area contributed by atoms with E-state index in [0.29, 0.717) is 0 Å². The van der Waals surface area contributed by atoms with E-state index in [0.717, 1.165) is 46.2 Å². The van der Waals surface area contributed by atoms with Crippen LogP contribution in [0.25, 0.3) is 44.2 Å². The molecule has 0 radical (unpaired) electrons. The zero-order valence-electron chi connectivity index (χ0n) is 40.7. The first-order chi connectivity index (χ1) is 32.1. The Morgan fingerprint density at radius 2 is 1.12 bits per heavy atom. The summed E-state index contributed by atoms with van der Waals surface area (Å²) in [6, 6.07) is 57.4. The molecule has 12 rings (SSSR count). The van der Waals surface area contributed by atoms with Crippen LogP contribution in [0.15, 0.2) is 156 Å². The lowest BCUT2D eigenvalue weighted by Gasteiger charge is -2.48. The van der Waals surface area contributed by atoms with Gasteiger partial charge in [0.05, 0.1) is 5.69 Å². The SMILES string of the molecule is Cc1cc(C(C)(C)C)ccc1N1c2cc3c(cc2B2c4c1cc(-c1c(C)cccc1C)cc4N(c1ccccc1-c1ccccc1)c1ccc4c(oc5ccccc54)c12)C(C)(C)CCC3(C)C. The fourth-order valence-electron chi connectivity index (χ4n) is 12.2. The number of anilines is 6. The zero-order chi connectivity index (χ0) is 46.3. The van der Waals surface area contributed by atoms with Crippen molar-refractivity contribution in [2.24, 2.45) is 0 Å². The minimum Gasteiger partial charge on any atom is -0.457 e. The lowest BCUT2D eigenvalue weighted by molar-refractivity contribution is 0.332. The van der Waals surface area contributed by atoms with E-state index < -0.39 is 0 Å². The van der Waals surface area contributed by atoms with E-state index in [1.54, 1.807) is 0 Å². The van der Waals surface area contributed by atoms with Gasteiger partial charge in [-0.3, -0.25) is 0 Å². The van der Waals surface area contributed by atoms with Gasteiger partial charge in [-0.05, 0) is 165 Å². The lowest BCUT2D eigenvalue weighted by atomic mass is 9.32. The first kappa shape index (κ1) is 41.6. The van der Waals surface area contributed by atoms with Crippen LogP contribution < -0.4 is 26.2 Å². The van der Waals surface area contributed by atoms with Crippen LogP contribution in [0, 0.1) is 20.8 Å². The maximum Gasteiger partial charge on any atom is 0.257 e. The quantitative estimate of drug-likeness (QED) is 0.164. The van der Waals surface area contributed by atoms with Crippen molar-refractivity contribution in [1.29, 1.82) is 0 Å². The number of hydrogen-bond acceptors (Lipinski definition) is 3. The summed E-state index contributed by atoms with van der Waals surface area (Å²) in [5, 5.41) is 2.30. The molecule has 2 aliphatic heterocycles. The Morgan fingerprint density at radius 3 is 1.82 bits per heavy atom. The Labute approximate surface area is 397 Å². The molecular weight excluding hydrogens is 812 g/mol. The average molecular weight is 871 g/mol. The smallest absolute Gasteiger partial charge is 0.257 e. The third-order valence-electron chi connectivity index (χ3n) is 15.9. The van der Waals surface area contributed by atoms with Gasteiger partial charge in [-0.1, -0.05) is 152 Å². The fraction of sp³-hybridized carbons (Fsp3) is 0.238. The molecular formula is C63H59BN2O. The molecule has 330 valence electrons.